The first-order chi connectivity index (χ1) is 13.9. The van der Waals surface area contributed by atoms with Crippen molar-refractivity contribution in [2.24, 2.45) is 23.2 Å². The fraction of sp³-hybridized carbons (Fsp3) is 0.696. The summed E-state index contributed by atoms with van der Waals surface area (Å²) in [6, 6.07) is 7.48. The molecule has 1 saturated heterocycles. The van der Waals surface area contributed by atoms with E-state index in [0.717, 1.165) is 44.9 Å². The third-order valence-electron chi connectivity index (χ3n) is 8.56. The Morgan fingerprint density at radius 2 is 1.62 bits per heavy atom. The minimum atomic E-state index is -0.749. The molecule has 4 bridgehead atoms. The fourth-order valence-corrected chi connectivity index (χ4v) is 7.28. The van der Waals surface area contributed by atoms with Gasteiger partial charge >= 0.3 is 5.97 Å². The predicted octanol–water partition coefficient (Wildman–Crippen LogP) is 4.33. The maximum absolute atomic E-state index is 12.0. The molecule has 2 unspecified atom stereocenters. The van der Waals surface area contributed by atoms with Gasteiger partial charge in [0.05, 0.1) is 5.41 Å². The lowest BCUT2D eigenvalue weighted by atomic mass is 9.47. The van der Waals surface area contributed by atoms with Gasteiger partial charge in [-0.1, -0.05) is 12.1 Å². The molecule has 5 saturated carbocycles. The topological polar surface area (TPSA) is 85.2 Å². The summed E-state index contributed by atoms with van der Waals surface area (Å²) in [5.74, 6) is -0.671. The standard InChI is InChI=1S/C23H28O6/c24-19-3-1-15(2-4-19)16-5-7-22(8-6-16)27-23(29-28-22)17-9-14-10-18(23)13-21(11-14,12-17)20(25)26/h1-4,14,16-18,24H,5-13H2,(H,25,26). The summed E-state index contributed by atoms with van der Waals surface area (Å²) in [4.78, 5) is 24.0. The lowest BCUT2D eigenvalue weighted by molar-refractivity contribution is -0.393. The highest BCUT2D eigenvalue weighted by Crippen LogP contribution is 2.67. The van der Waals surface area contributed by atoms with E-state index in [-0.39, 0.29) is 11.8 Å². The van der Waals surface area contributed by atoms with E-state index in [9.17, 15) is 15.0 Å². The number of phenols is 1. The number of benzene rings is 1. The van der Waals surface area contributed by atoms with Gasteiger partial charge in [-0.2, -0.15) is 9.78 Å². The van der Waals surface area contributed by atoms with E-state index in [0.29, 0.717) is 30.4 Å². The molecular formula is C23H28O6. The minimum absolute atomic E-state index is 0.110. The normalized spacial score (nSPS) is 47.9. The third kappa shape index (κ3) is 2.55. The molecule has 6 nitrogen and oxygen atoms in total. The molecular weight excluding hydrogens is 372 g/mol. The molecule has 0 radical (unpaired) electrons. The molecule has 0 amide bonds. The Kier molecular flexibility index (Phi) is 3.73. The Morgan fingerprint density at radius 3 is 2.24 bits per heavy atom. The van der Waals surface area contributed by atoms with Crippen LogP contribution in [0.3, 0.4) is 0 Å². The van der Waals surface area contributed by atoms with Crippen molar-refractivity contribution < 1.29 is 29.5 Å². The number of aliphatic carboxylic acids is 1. The second-order valence-corrected chi connectivity index (χ2v) is 10.2. The summed E-state index contributed by atoms with van der Waals surface area (Å²) >= 11 is 0. The molecule has 2 atom stereocenters. The summed E-state index contributed by atoms with van der Waals surface area (Å²) in [5.41, 5.74) is 0.658. The van der Waals surface area contributed by atoms with Crippen molar-refractivity contribution >= 4 is 5.97 Å². The summed E-state index contributed by atoms with van der Waals surface area (Å²) in [5, 5.41) is 19.4. The van der Waals surface area contributed by atoms with Crippen LogP contribution in [0.4, 0.5) is 0 Å². The number of carboxylic acids is 1. The van der Waals surface area contributed by atoms with E-state index >= 15 is 0 Å². The smallest absolute Gasteiger partial charge is 0.309 e. The zero-order chi connectivity index (χ0) is 19.9. The molecule has 0 aromatic heterocycles. The average Bonchev–Trinajstić information content (AvgIpc) is 3.07. The quantitative estimate of drug-likeness (QED) is 0.719. The number of ether oxygens (including phenoxy) is 1. The molecule has 6 aliphatic rings. The van der Waals surface area contributed by atoms with Crippen molar-refractivity contribution in [1.82, 2.24) is 0 Å². The van der Waals surface area contributed by atoms with Gasteiger partial charge in [-0.3, -0.25) is 4.79 Å². The number of rotatable bonds is 2. The molecule has 29 heavy (non-hydrogen) atoms. The van der Waals surface area contributed by atoms with E-state index in [4.69, 9.17) is 14.5 Å². The number of hydrogen-bond donors (Lipinski definition) is 2. The van der Waals surface area contributed by atoms with Crippen LogP contribution in [-0.2, 0) is 19.3 Å². The Bertz CT molecular complexity index is 808. The maximum Gasteiger partial charge on any atom is 0.309 e. The Labute approximate surface area is 170 Å². The second-order valence-electron chi connectivity index (χ2n) is 10.2. The van der Waals surface area contributed by atoms with E-state index in [2.05, 4.69) is 0 Å². The van der Waals surface area contributed by atoms with Crippen LogP contribution in [0, 0.1) is 23.2 Å². The maximum atomic E-state index is 12.0. The summed E-state index contributed by atoms with van der Waals surface area (Å²) in [7, 11) is 0. The van der Waals surface area contributed by atoms with Crippen molar-refractivity contribution in [2.75, 3.05) is 0 Å². The van der Waals surface area contributed by atoms with Gasteiger partial charge in [-0.15, -0.1) is 0 Å². The van der Waals surface area contributed by atoms with E-state index in [1.54, 1.807) is 12.1 Å². The van der Waals surface area contributed by atoms with Crippen molar-refractivity contribution in [3.63, 3.8) is 0 Å². The van der Waals surface area contributed by atoms with Crippen molar-refractivity contribution in [2.45, 2.75) is 75.3 Å². The van der Waals surface area contributed by atoms with Crippen LogP contribution < -0.4 is 0 Å². The number of phenolic OH excluding ortho intramolecular Hbond substituents is 1. The zero-order valence-corrected chi connectivity index (χ0v) is 16.5. The summed E-state index contributed by atoms with van der Waals surface area (Å²) < 4.78 is 6.70. The summed E-state index contributed by atoms with van der Waals surface area (Å²) in [6.45, 7) is 0. The van der Waals surface area contributed by atoms with Crippen LogP contribution >= 0.6 is 0 Å². The van der Waals surface area contributed by atoms with Crippen molar-refractivity contribution in [3.05, 3.63) is 29.8 Å². The zero-order valence-electron chi connectivity index (χ0n) is 16.5. The van der Waals surface area contributed by atoms with Crippen LogP contribution in [0.5, 0.6) is 5.75 Å². The summed E-state index contributed by atoms with van der Waals surface area (Å²) in [6.07, 6.45) is 7.51. The highest BCUT2D eigenvalue weighted by molar-refractivity contribution is 5.75. The van der Waals surface area contributed by atoms with Crippen molar-refractivity contribution in [3.8, 4) is 5.75 Å². The fourth-order valence-electron chi connectivity index (χ4n) is 7.28. The number of carboxylic acid groups (broad SMARTS) is 1. The molecule has 2 spiro atoms. The number of carbonyl (C=O) groups is 1. The van der Waals surface area contributed by atoms with Crippen molar-refractivity contribution in [1.29, 1.82) is 0 Å². The number of aromatic hydroxyl groups is 1. The molecule has 2 N–H and O–H groups in total. The predicted molar refractivity (Wildman–Crippen MR) is 102 cm³/mol. The van der Waals surface area contributed by atoms with Crippen LogP contribution in [0.25, 0.3) is 0 Å². The molecule has 156 valence electrons. The molecule has 6 fully saturated rings. The molecule has 5 aliphatic carbocycles. The minimum Gasteiger partial charge on any atom is -0.508 e. The van der Waals surface area contributed by atoms with Gasteiger partial charge in [0.15, 0.2) is 0 Å². The molecule has 1 aromatic rings. The highest BCUT2D eigenvalue weighted by Gasteiger charge is 2.71. The molecule has 7 rings (SSSR count). The lowest BCUT2D eigenvalue weighted by Crippen LogP contribution is -2.64. The SMILES string of the molecule is O=C(O)C12CC3CC(C1)C1(OOC4(CCC(c5ccc(O)cc5)CC4)O1)C(C3)C2. The Balaban J connectivity index is 1.19. The van der Waals surface area contributed by atoms with E-state index < -0.39 is 23.0 Å². The molecule has 1 aromatic carbocycles. The van der Waals surface area contributed by atoms with Gasteiger partial charge in [0.25, 0.3) is 0 Å². The largest absolute Gasteiger partial charge is 0.508 e. The highest BCUT2D eigenvalue weighted by atomic mass is 17.3. The van der Waals surface area contributed by atoms with Gasteiger partial charge in [-0.25, -0.2) is 0 Å². The van der Waals surface area contributed by atoms with Crippen LogP contribution in [0.15, 0.2) is 24.3 Å². The second kappa shape index (κ2) is 5.96. The molecule has 6 heteroatoms. The van der Waals surface area contributed by atoms with Crippen LogP contribution in [0.2, 0.25) is 0 Å². The first-order valence-electron chi connectivity index (χ1n) is 11.0. The van der Waals surface area contributed by atoms with E-state index in [1.165, 1.54) is 5.56 Å². The van der Waals surface area contributed by atoms with E-state index in [1.807, 2.05) is 12.1 Å². The lowest BCUT2D eigenvalue weighted by Gasteiger charge is -2.60. The van der Waals surface area contributed by atoms with Gasteiger partial charge in [0.1, 0.15) is 5.75 Å². The first-order valence-corrected chi connectivity index (χ1v) is 11.0. The van der Waals surface area contributed by atoms with Gasteiger partial charge in [0, 0.05) is 24.7 Å². The van der Waals surface area contributed by atoms with Gasteiger partial charge in [-0.05, 0) is 74.5 Å². The first kappa shape index (κ1) is 18.2. The third-order valence-corrected chi connectivity index (χ3v) is 8.56. The number of hydrogen-bond acceptors (Lipinski definition) is 5. The van der Waals surface area contributed by atoms with Gasteiger partial charge in [0.2, 0.25) is 11.6 Å². The molecule has 1 aliphatic heterocycles. The van der Waals surface area contributed by atoms with Crippen LogP contribution in [0.1, 0.15) is 69.3 Å². The average molecular weight is 400 g/mol. The van der Waals surface area contributed by atoms with Gasteiger partial charge < -0.3 is 14.9 Å². The Hall–Kier alpha value is -1.63. The molecule has 1 heterocycles. The monoisotopic (exact) mass is 400 g/mol. The Morgan fingerprint density at radius 1 is 0.966 bits per heavy atom. The van der Waals surface area contributed by atoms with Crippen LogP contribution in [-0.4, -0.2) is 27.8 Å².